The Morgan fingerprint density at radius 1 is 1.14 bits per heavy atom. The molecule has 5 nitrogen and oxygen atoms in total. The van der Waals surface area contributed by atoms with Crippen LogP contribution < -0.4 is 0 Å². The van der Waals surface area contributed by atoms with Crippen LogP contribution in [-0.2, 0) is 11.3 Å². The Labute approximate surface area is 171 Å². The maximum atomic E-state index is 13.1. The number of ether oxygens (including phenoxy) is 1. The number of hydrogen-bond acceptors (Lipinski definition) is 4. The van der Waals surface area contributed by atoms with Gasteiger partial charge in [0.2, 0.25) is 0 Å². The highest BCUT2D eigenvalue weighted by Crippen LogP contribution is 2.26. The fourth-order valence-corrected chi connectivity index (χ4v) is 3.82. The van der Waals surface area contributed by atoms with Gasteiger partial charge < -0.3 is 14.2 Å². The van der Waals surface area contributed by atoms with Crippen LogP contribution in [0.4, 0.5) is 0 Å². The van der Waals surface area contributed by atoms with Gasteiger partial charge in [-0.3, -0.25) is 4.79 Å². The van der Waals surface area contributed by atoms with Gasteiger partial charge in [-0.05, 0) is 44.4 Å². The molecular weight excluding hydrogens is 364 g/mol. The molecule has 1 saturated heterocycles. The molecule has 1 aliphatic rings. The van der Waals surface area contributed by atoms with Gasteiger partial charge in [-0.2, -0.15) is 0 Å². The molecule has 150 valence electrons. The van der Waals surface area contributed by atoms with Gasteiger partial charge in [-0.15, -0.1) is 0 Å². The topological polar surface area (TPSA) is 55.6 Å². The highest BCUT2D eigenvalue weighted by atomic mass is 16.5. The maximum absolute atomic E-state index is 13.1. The second kappa shape index (κ2) is 8.62. The highest BCUT2D eigenvalue weighted by molar-refractivity contribution is 5.94. The minimum atomic E-state index is -0.0165. The smallest absolute Gasteiger partial charge is 0.254 e. The van der Waals surface area contributed by atoms with E-state index < -0.39 is 0 Å². The van der Waals surface area contributed by atoms with Gasteiger partial charge in [0.05, 0.1) is 12.6 Å². The molecule has 2 aromatic carbocycles. The lowest BCUT2D eigenvalue weighted by atomic mass is 10.0. The molecule has 1 fully saturated rings. The molecule has 1 aliphatic heterocycles. The van der Waals surface area contributed by atoms with Gasteiger partial charge in [-0.1, -0.05) is 47.1 Å². The quantitative estimate of drug-likeness (QED) is 0.608. The third-order valence-corrected chi connectivity index (χ3v) is 5.32. The lowest BCUT2D eigenvalue weighted by molar-refractivity contribution is 0.0502. The fraction of sp³-hybridized carbons (Fsp3) is 0.333. The van der Waals surface area contributed by atoms with Crippen molar-refractivity contribution in [3.63, 3.8) is 0 Å². The van der Waals surface area contributed by atoms with E-state index in [1.54, 1.807) is 0 Å². The molecule has 1 aromatic heterocycles. The van der Waals surface area contributed by atoms with E-state index in [2.05, 4.69) is 31.1 Å². The Balaban J connectivity index is 1.55. The second-order valence-electron chi connectivity index (χ2n) is 7.69. The van der Waals surface area contributed by atoms with E-state index in [9.17, 15) is 4.79 Å². The average molecular weight is 390 g/mol. The summed E-state index contributed by atoms with van der Waals surface area (Å²) in [6.45, 7) is 5.84. The van der Waals surface area contributed by atoms with Crippen LogP contribution in [0.15, 0.2) is 59.1 Å². The molecule has 0 spiro atoms. The monoisotopic (exact) mass is 390 g/mol. The summed E-state index contributed by atoms with van der Waals surface area (Å²) in [6, 6.07) is 17.5. The van der Waals surface area contributed by atoms with E-state index in [1.165, 1.54) is 5.56 Å². The highest BCUT2D eigenvalue weighted by Gasteiger charge is 2.24. The standard InChI is InChI=1S/C24H26N2O3/c1-17-10-11-22(18(2)13-17)23-14-20(25-29-23)15-26(16-21-9-6-12-28-21)24(27)19-7-4-3-5-8-19/h3-5,7-8,10-11,13-14,21H,6,9,12,15-16H2,1-2H3. The normalized spacial score (nSPS) is 16.1. The van der Waals surface area contributed by atoms with Crippen molar-refractivity contribution in [1.29, 1.82) is 0 Å². The van der Waals surface area contributed by atoms with E-state index in [4.69, 9.17) is 9.26 Å². The average Bonchev–Trinajstić information content (AvgIpc) is 3.40. The third-order valence-electron chi connectivity index (χ3n) is 5.32. The van der Waals surface area contributed by atoms with Gasteiger partial charge in [0.1, 0.15) is 5.69 Å². The van der Waals surface area contributed by atoms with Crippen LogP contribution in [0.25, 0.3) is 11.3 Å². The Morgan fingerprint density at radius 2 is 1.97 bits per heavy atom. The minimum absolute atomic E-state index is 0.0165. The van der Waals surface area contributed by atoms with Crippen molar-refractivity contribution < 1.29 is 14.1 Å². The van der Waals surface area contributed by atoms with Crippen LogP contribution in [0, 0.1) is 13.8 Å². The first-order valence-corrected chi connectivity index (χ1v) is 10.1. The zero-order chi connectivity index (χ0) is 20.2. The molecule has 1 amide bonds. The number of carbonyl (C=O) groups excluding carboxylic acids is 1. The molecule has 5 heteroatoms. The predicted molar refractivity (Wildman–Crippen MR) is 112 cm³/mol. The van der Waals surface area contributed by atoms with Crippen LogP contribution in [0.1, 0.15) is 40.0 Å². The summed E-state index contributed by atoms with van der Waals surface area (Å²) in [5.74, 6) is 0.707. The molecule has 0 aliphatic carbocycles. The second-order valence-corrected chi connectivity index (χ2v) is 7.69. The Bertz CT molecular complexity index is 975. The molecule has 1 atom stereocenters. The lowest BCUT2D eigenvalue weighted by Gasteiger charge is -2.24. The molecule has 3 aromatic rings. The molecule has 4 rings (SSSR count). The molecule has 0 saturated carbocycles. The molecule has 0 N–H and O–H groups in total. The molecule has 29 heavy (non-hydrogen) atoms. The summed E-state index contributed by atoms with van der Waals surface area (Å²) in [7, 11) is 0. The van der Waals surface area contributed by atoms with Crippen molar-refractivity contribution in [2.45, 2.75) is 39.3 Å². The Hall–Kier alpha value is -2.92. The van der Waals surface area contributed by atoms with Crippen molar-refractivity contribution >= 4 is 5.91 Å². The van der Waals surface area contributed by atoms with Crippen LogP contribution in [0.2, 0.25) is 0 Å². The molecular formula is C24H26N2O3. The van der Waals surface area contributed by atoms with Gasteiger partial charge in [-0.25, -0.2) is 0 Å². The predicted octanol–water partition coefficient (Wildman–Crippen LogP) is 4.78. The SMILES string of the molecule is Cc1ccc(-c2cc(CN(CC3CCCO3)C(=O)c3ccccc3)no2)c(C)c1. The number of amides is 1. The summed E-state index contributed by atoms with van der Waals surface area (Å²) in [6.07, 6.45) is 2.10. The maximum Gasteiger partial charge on any atom is 0.254 e. The number of benzene rings is 2. The van der Waals surface area contributed by atoms with Gasteiger partial charge in [0, 0.05) is 30.3 Å². The fourth-order valence-electron chi connectivity index (χ4n) is 3.82. The van der Waals surface area contributed by atoms with Gasteiger partial charge in [0.15, 0.2) is 5.76 Å². The molecule has 2 heterocycles. The number of rotatable bonds is 6. The number of aromatic nitrogens is 1. The number of carbonyl (C=O) groups is 1. The van der Waals surface area contributed by atoms with E-state index in [1.807, 2.05) is 47.4 Å². The van der Waals surface area contributed by atoms with Crippen molar-refractivity contribution in [3.05, 3.63) is 77.0 Å². The summed E-state index contributed by atoms with van der Waals surface area (Å²) in [5.41, 5.74) is 4.78. The summed E-state index contributed by atoms with van der Waals surface area (Å²) < 4.78 is 11.4. The van der Waals surface area contributed by atoms with E-state index in [-0.39, 0.29) is 12.0 Å². The van der Waals surface area contributed by atoms with Crippen molar-refractivity contribution in [1.82, 2.24) is 10.1 Å². The number of hydrogen-bond donors (Lipinski definition) is 0. The Morgan fingerprint density at radius 3 is 2.69 bits per heavy atom. The van der Waals surface area contributed by atoms with E-state index >= 15 is 0 Å². The first-order valence-electron chi connectivity index (χ1n) is 10.1. The largest absolute Gasteiger partial charge is 0.376 e. The van der Waals surface area contributed by atoms with Crippen LogP contribution >= 0.6 is 0 Å². The van der Waals surface area contributed by atoms with Crippen LogP contribution in [0.3, 0.4) is 0 Å². The van der Waals surface area contributed by atoms with Crippen molar-refractivity contribution in [2.24, 2.45) is 0 Å². The summed E-state index contributed by atoms with van der Waals surface area (Å²) in [5, 5.41) is 4.24. The number of aryl methyl sites for hydroxylation is 2. The van der Waals surface area contributed by atoms with E-state index in [0.29, 0.717) is 18.7 Å². The van der Waals surface area contributed by atoms with Crippen molar-refractivity contribution in [2.75, 3.05) is 13.2 Å². The van der Waals surface area contributed by atoms with Crippen molar-refractivity contribution in [3.8, 4) is 11.3 Å². The van der Waals surface area contributed by atoms with Crippen LogP contribution in [0.5, 0.6) is 0 Å². The summed E-state index contributed by atoms with van der Waals surface area (Å²) >= 11 is 0. The molecule has 0 radical (unpaired) electrons. The van der Waals surface area contributed by atoms with Gasteiger partial charge in [0.25, 0.3) is 5.91 Å². The molecule has 0 bridgehead atoms. The lowest BCUT2D eigenvalue weighted by Crippen LogP contribution is -2.37. The summed E-state index contributed by atoms with van der Waals surface area (Å²) in [4.78, 5) is 14.9. The first kappa shape index (κ1) is 19.4. The zero-order valence-corrected chi connectivity index (χ0v) is 16.9. The molecule has 1 unspecified atom stereocenters. The van der Waals surface area contributed by atoms with E-state index in [0.717, 1.165) is 42.0 Å². The number of nitrogens with zero attached hydrogens (tertiary/aromatic N) is 2. The van der Waals surface area contributed by atoms with Gasteiger partial charge >= 0.3 is 0 Å². The third kappa shape index (κ3) is 4.57. The first-order chi connectivity index (χ1) is 14.1. The zero-order valence-electron chi connectivity index (χ0n) is 16.9. The minimum Gasteiger partial charge on any atom is -0.376 e. The van der Waals surface area contributed by atoms with Crippen LogP contribution in [-0.4, -0.2) is 35.2 Å². The Kier molecular flexibility index (Phi) is 5.76.